The first-order valence-corrected chi connectivity index (χ1v) is 10.6. The summed E-state index contributed by atoms with van der Waals surface area (Å²) >= 11 is 0. The molecule has 0 spiro atoms. The van der Waals surface area contributed by atoms with Crippen LogP contribution >= 0.6 is 0 Å². The fraction of sp³-hybridized carbons (Fsp3) is 0.0417. The van der Waals surface area contributed by atoms with Gasteiger partial charge in [-0.1, -0.05) is 54.6 Å². The third-order valence-corrected chi connectivity index (χ3v) is 4.62. The van der Waals surface area contributed by atoms with Gasteiger partial charge in [-0.3, -0.25) is 0 Å². The monoisotopic (exact) mass is 436 g/mol. The summed E-state index contributed by atoms with van der Waals surface area (Å²) in [4.78, 5) is 0. The van der Waals surface area contributed by atoms with Crippen LogP contribution in [0, 0.1) is 10.2 Å². The molecule has 0 aliphatic heterocycles. The van der Waals surface area contributed by atoms with Crippen LogP contribution < -0.4 is 28.5 Å². The first-order chi connectivity index (χ1) is 14.8. The highest BCUT2D eigenvalue weighted by molar-refractivity contribution is 5.94. The highest BCUT2D eigenvalue weighted by Gasteiger charge is 2.07. The van der Waals surface area contributed by atoms with E-state index in [9.17, 15) is 0 Å². The molecule has 31 heavy (non-hydrogen) atoms. The largest absolute Gasteiger partial charge is 0.361 e. The van der Waals surface area contributed by atoms with Gasteiger partial charge in [0.15, 0.2) is 0 Å². The zero-order valence-corrected chi connectivity index (χ0v) is 17.5. The molecule has 0 aliphatic rings. The van der Waals surface area contributed by atoms with Gasteiger partial charge in [0.1, 0.15) is 7.05 Å². The lowest BCUT2D eigenvalue weighted by molar-refractivity contribution is -2.00. The molecular weight excluding hydrogens is 416 g/mol. The zero-order chi connectivity index (χ0) is 22.3. The van der Waals surface area contributed by atoms with Gasteiger partial charge in [-0.25, -0.2) is 18.6 Å². The van der Waals surface area contributed by atoms with E-state index in [1.54, 1.807) is 0 Å². The van der Waals surface area contributed by atoms with E-state index >= 15 is 0 Å². The van der Waals surface area contributed by atoms with Crippen LogP contribution in [0.2, 0.25) is 0 Å². The lowest BCUT2D eigenvalue weighted by Crippen LogP contribution is -2.68. The minimum absolute atomic E-state index is 1.11. The quantitative estimate of drug-likeness (QED) is 0.374. The highest BCUT2D eigenvalue weighted by Crippen LogP contribution is 2.22. The molecule has 0 atom stereocenters. The predicted octanol–water partition coefficient (Wildman–Crippen LogP) is 0.700. The van der Waals surface area contributed by atoms with Crippen LogP contribution in [-0.2, 0) is 7.05 Å². The summed E-state index contributed by atoms with van der Waals surface area (Å²) in [6.45, 7) is 0. The van der Waals surface area contributed by atoms with Gasteiger partial charge >= 0.3 is 0 Å². The number of allylic oxidation sites excluding steroid dienone is 2. The maximum Gasteiger partial charge on any atom is 0.212 e. The van der Waals surface area contributed by atoms with Gasteiger partial charge in [0.2, 0.25) is 11.2 Å². The number of pyridine rings is 1. The van der Waals surface area contributed by atoms with Crippen LogP contribution in [-0.4, -0.2) is 0 Å². The molecule has 158 valence electrons. The Balaban J connectivity index is 0.000000491. The number of nitrogens with one attached hydrogen (secondary N) is 1. The minimum Gasteiger partial charge on any atom is -0.361 e. The molecule has 0 saturated heterocycles. The lowest BCUT2D eigenvalue weighted by Gasteiger charge is -2.17. The first-order valence-electron chi connectivity index (χ1n) is 9.40. The van der Waals surface area contributed by atoms with E-state index in [0.717, 1.165) is 5.69 Å². The fourth-order valence-electron chi connectivity index (χ4n) is 3.23. The molecule has 4 rings (SSSR count). The zero-order valence-electron chi connectivity index (χ0n) is 16.8. The van der Waals surface area contributed by atoms with Crippen molar-refractivity contribution in [3.8, 4) is 0 Å². The van der Waals surface area contributed by atoms with Crippen molar-refractivity contribution in [2.24, 2.45) is 7.05 Å². The molecular formula is C24H21ClN2O4. The average Bonchev–Trinajstić information content (AvgIpc) is 2.74. The molecule has 6 nitrogen and oxygen atoms in total. The highest BCUT2D eigenvalue weighted by atomic mass is 35.7. The van der Waals surface area contributed by atoms with E-state index in [1.165, 1.54) is 27.4 Å². The van der Waals surface area contributed by atoms with E-state index in [2.05, 4.69) is 108 Å². The smallest absolute Gasteiger partial charge is 0.212 e. The van der Waals surface area contributed by atoms with E-state index in [-0.39, 0.29) is 0 Å². The van der Waals surface area contributed by atoms with Crippen LogP contribution in [0.1, 0.15) is 5.69 Å². The topological polar surface area (TPSA) is 108 Å². The molecule has 0 aliphatic carbocycles. The summed E-state index contributed by atoms with van der Waals surface area (Å²) in [5.74, 6) is 0. The molecule has 0 saturated carbocycles. The minimum atomic E-state index is -4.94. The van der Waals surface area contributed by atoms with E-state index < -0.39 is 10.2 Å². The lowest BCUT2D eigenvalue weighted by atomic mass is 10.1. The number of nitrogens with zero attached hydrogens (tertiary/aromatic N) is 1. The number of aryl methyl sites for hydroxylation is 1. The Labute approximate surface area is 182 Å². The molecule has 0 amide bonds. The van der Waals surface area contributed by atoms with Gasteiger partial charge in [-0.2, -0.15) is 4.57 Å². The maximum atomic E-state index is 8.49. The third-order valence-electron chi connectivity index (χ3n) is 4.62. The standard InChI is InChI=1S/C24H20N2.ClHO4/c1-26-21(17-16-20-10-3-5-15-24(20)26)12-6-7-18-25-23-14-8-11-19-9-2-4-13-22(19)23;2-1(3,4)5/h2-18H,1H3;(H,2,3,4,5). The van der Waals surface area contributed by atoms with Crippen molar-refractivity contribution in [2.75, 3.05) is 5.32 Å². The summed E-state index contributed by atoms with van der Waals surface area (Å²) in [5, 5.41) is 7.10. The molecule has 1 heterocycles. The van der Waals surface area contributed by atoms with Crippen molar-refractivity contribution >= 4 is 33.4 Å². The number of fused-ring (bicyclic) bond motifs is 2. The van der Waals surface area contributed by atoms with Crippen LogP contribution in [0.3, 0.4) is 0 Å². The summed E-state index contributed by atoms with van der Waals surface area (Å²) in [6.07, 6.45) is 8.17. The van der Waals surface area contributed by atoms with E-state index in [1.807, 2.05) is 12.3 Å². The Bertz CT molecular complexity index is 1220. The van der Waals surface area contributed by atoms with Crippen LogP contribution in [0.15, 0.2) is 97.2 Å². The van der Waals surface area contributed by atoms with Crippen LogP contribution in [0.5, 0.6) is 0 Å². The Morgan fingerprint density at radius 2 is 1.39 bits per heavy atom. The molecule has 3 aromatic carbocycles. The van der Waals surface area contributed by atoms with Crippen LogP contribution in [0.4, 0.5) is 5.69 Å². The third kappa shape index (κ3) is 6.62. The van der Waals surface area contributed by atoms with E-state index in [4.69, 9.17) is 18.6 Å². The summed E-state index contributed by atoms with van der Waals surface area (Å²) in [5.41, 5.74) is 3.51. The molecule has 7 heteroatoms. The van der Waals surface area contributed by atoms with Crippen molar-refractivity contribution in [1.29, 1.82) is 0 Å². The van der Waals surface area contributed by atoms with Crippen molar-refractivity contribution in [1.82, 2.24) is 0 Å². The van der Waals surface area contributed by atoms with Crippen molar-refractivity contribution in [3.63, 3.8) is 0 Å². The normalized spacial score (nSPS) is 11.8. The first kappa shape index (κ1) is 22.4. The number of hydrogen-bond acceptors (Lipinski definition) is 5. The van der Waals surface area contributed by atoms with Gasteiger partial charge in [0, 0.05) is 40.9 Å². The van der Waals surface area contributed by atoms with Gasteiger partial charge in [0.25, 0.3) is 0 Å². The Hall–Kier alpha value is -3.26. The average molecular weight is 437 g/mol. The number of benzene rings is 3. The molecule has 1 N–H and O–H groups in total. The number of rotatable bonds is 4. The van der Waals surface area contributed by atoms with Gasteiger partial charge in [0.05, 0.1) is 0 Å². The number of anilines is 1. The molecule has 0 unspecified atom stereocenters. The second-order valence-electron chi connectivity index (χ2n) is 6.64. The Morgan fingerprint density at radius 3 is 2.16 bits per heavy atom. The number of para-hydroxylation sites is 1. The number of halogens is 1. The summed E-state index contributed by atoms with van der Waals surface area (Å²) in [6, 6.07) is 27.4. The maximum absolute atomic E-state index is 8.49. The number of hydrogen-bond donors (Lipinski definition) is 1. The SMILES string of the molecule is C[n+]1c(/C=C/C=C/Nc2cccc3ccccc23)ccc2ccccc21.[O-][Cl+3]([O-])([O-])[O-]. The molecule has 0 radical (unpaired) electrons. The van der Waals surface area contributed by atoms with Crippen molar-refractivity contribution in [2.45, 2.75) is 0 Å². The summed E-state index contributed by atoms with van der Waals surface area (Å²) in [7, 11) is -2.85. The Kier molecular flexibility index (Phi) is 7.36. The second-order valence-corrected chi connectivity index (χ2v) is 7.40. The Morgan fingerprint density at radius 1 is 0.742 bits per heavy atom. The summed E-state index contributed by atoms with van der Waals surface area (Å²) < 4.78 is 36.2. The number of aromatic nitrogens is 1. The van der Waals surface area contributed by atoms with Gasteiger partial charge < -0.3 is 5.32 Å². The van der Waals surface area contributed by atoms with Gasteiger partial charge in [-0.15, -0.1) is 10.2 Å². The van der Waals surface area contributed by atoms with Crippen molar-refractivity contribution in [3.05, 3.63) is 103 Å². The van der Waals surface area contributed by atoms with Crippen LogP contribution in [0.25, 0.3) is 27.8 Å². The second kappa shape index (κ2) is 10.2. The molecule has 1 aromatic heterocycles. The molecule has 0 bridgehead atoms. The van der Waals surface area contributed by atoms with Crippen molar-refractivity contribution < 1.29 is 33.4 Å². The molecule has 4 aromatic rings. The molecule has 0 fully saturated rings. The van der Waals surface area contributed by atoms with E-state index in [0.29, 0.717) is 0 Å². The predicted molar refractivity (Wildman–Crippen MR) is 111 cm³/mol. The van der Waals surface area contributed by atoms with Gasteiger partial charge in [-0.05, 0) is 29.7 Å². The fourth-order valence-corrected chi connectivity index (χ4v) is 3.23.